The summed E-state index contributed by atoms with van der Waals surface area (Å²) in [4.78, 5) is 32.1. The fourth-order valence-electron chi connectivity index (χ4n) is 4.35. The van der Waals surface area contributed by atoms with Gasteiger partial charge in [0.05, 0.1) is 17.5 Å². The smallest absolute Gasteiger partial charge is 0.255 e. The molecule has 0 saturated carbocycles. The van der Waals surface area contributed by atoms with E-state index in [0.29, 0.717) is 17.7 Å². The molecule has 7 heteroatoms. The van der Waals surface area contributed by atoms with E-state index in [1.807, 2.05) is 46.7 Å². The van der Waals surface area contributed by atoms with Crippen molar-refractivity contribution in [2.24, 2.45) is 0 Å². The Bertz CT molecular complexity index is 1350. The summed E-state index contributed by atoms with van der Waals surface area (Å²) in [7, 11) is 0. The number of carbonyl (C=O) groups excluding carboxylic acids is 2. The molecule has 6 nitrogen and oxygen atoms in total. The molecule has 0 aliphatic rings. The molecular formula is C29H31FN4O2. The fraction of sp³-hybridized carbons (Fsp3) is 0.276. The Kier molecular flexibility index (Phi) is 7.78. The second-order valence-electron chi connectivity index (χ2n) is 8.88. The van der Waals surface area contributed by atoms with E-state index in [1.165, 1.54) is 12.1 Å². The monoisotopic (exact) mass is 486 g/mol. The van der Waals surface area contributed by atoms with Crippen LogP contribution in [0.15, 0.2) is 66.7 Å². The lowest BCUT2D eigenvalue weighted by atomic mass is 10.1. The van der Waals surface area contributed by atoms with E-state index < -0.39 is 0 Å². The van der Waals surface area contributed by atoms with Crippen LogP contribution in [0.1, 0.15) is 48.4 Å². The SMILES string of the molecule is CCCN(CCC)C(=O)Cc1ccc(NC(=O)c2ccc3nc(C)n(-c4ccc(F)cc4)c3c2)cc1. The van der Waals surface area contributed by atoms with Crippen LogP contribution in [0.25, 0.3) is 16.7 Å². The largest absolute Gasteiger partial charge is 0.342 e. The first-order valence-corrected chi connectivity index (χ1v) is 12.3. The summed E-state index contributed by atoms with van der Waals surface area (Å²) in [6.45, 7) is 7.56. The number of imidazole rings is 1. The van der Waals surface area contributed by atoms with Gasteiger partial charge in [0.25, 0.3) is 5.91 Å². The Morgan fingerprint density at radius 3 is 2.25 bits per heavy atom. The topological polar surface area (TPSA) is 67.2 Å². The predicted molar refractivity (Wildman–Crippen MR) is 141 cm³/mol. The van der Waals surface area contributed by atoms with Crippen molar-refractivity contribution in [3.8, 4) is 5.69 Å². The van der Waals surface area contributed by atoms with Crippen LogP contribution < -0.4 is 5.32 Å². The molecule has 4 aromatic rings. The molecule has 0 unspecified atom stereocenters. The lowest BCUT2D eigenvalue weighted by Gasteiger charge is -2.21. The summed E-state index contributed by atoms with van der Waals surface area (Å²) >= 11 is 0. The summed E-state index contributed by atoms with van der Waals surface area (Å²) in [6, 6.07) is 18.9. The molecule has 3 aromatic carbocycles. The lowest BCUT2D eigenvalue weighted by Crippen LogP contribution is -2.33. The highest BCUT2D eigenvalue weighted by Crippen LogP contribution is 2.23. The van der Waals surface area contributed by atoms with Gasteiger partial charge in [-0.25, -0.2) is 9.37 Å². The van der Waals surface area contributed by atoms with Gasteiger partial charge in [-0.1, -0.05) is 26.0 Å². The zero-order valence-electron chi connectivity index (χ0n) is 20.9. The highest BCUT2D eigenvalue weighted by atomic mass is 19.1. The van der Waals surface area contributed by atoms with E-state index in [9.17, 15) is 14.0 Å². The lowest BCUT2D eigenvalue weighted by molar-refractivity contribution is -0.130. The summed E-state index contributed by atoms with van der Waals surface area (Å²) in [5.41, 5.74) is 4.34. The number of nitrogens with zero attached hydrogens (tertiary/aromatic N) is 3. The molecule has 0 radical (unpaired) electrons. The quantitative estimate of drug-likeness (QED) is 0.320. The first-order chi connectivity index (χ1) is 17.4. The maximum atomic E-state index is 13.4. The Hall–Kier alpha value is -4.00. The minimum atomic E-state index is -0.310. The highest BCUT2D eigenvalue weighted by molar-refractivity contribution is 6.06. The molecule has 0 fully saturated rings. The molecule has 0 aliphatic heterocycles. The van der Waals surface area contributed by atoms with E-state index in [-0.39, 0.29) is 17.6 Å². The molecule has 36 heavy (non-hydrogen) atoms. The third-order valence-corrected chi connectivity index (χ3v) is 6.08. The van der Waals surface area contributed by atoms with Crippen LogP contribution in [0, 0.1) is 12.7 Å². The number of amides is 2. The van der Waals surface area contributed by atoms with Crippen molar-refractivity contribution in [1.82, 2.24) is 14.5 Å². The van der Waals surface area contributed by atoms with E-state index in [2.05, 4.69) is 24.1 Å². The molecule has 0 aliphatic carbocycles. The van der Waals surface area contributed by atoms with Crippen LogP contribution in [0.2, 0.25) is 0 Å². The van der Waals surface area contributed by atoms with Gasteiger partial charge in [0.2, 0.25) is 5.91 Å². The normalized spacial score (nSPS) is 11.0. The fourth-order valence-corrected chi connectivity index (χ4v) is 4.35. The Morgan fingerprint density at radius 2 is 1.61 bits per heavy atom. The van der Waals surface area contributed by atoms with Crippen molar-refractivity contribution < 1.29 is 14.0 Å². The second kappa shape index (κ2) is 11.2. The van der Waals surface area contributed by atoms with Gasteiger partial charge in [-0.3, -0.25) is 14.2 Å². The average Bonchev–Trinajstić information content (AvgIpc) is 3.20. The first-order valence-electron chi connectivity index (χ1n) is 12.3. The number of benzene rings is 3. The molecule has 0 bridgehead atoms. The third-order valence-electron chi connectivity index (χ3n) is 6.08. The van der Waals surface area contributed by atoms with Gasteiger partial charge >= 0.3 is 0 Å². The number of aromatic nitrogens is 2. The van der Waals surface area contributed by atoms with Crippen molar-refractivity contribution in [2.75, 3.05) is 18.4 Å². The predicted octanol–water partition coefficient (Wildman–Crippen LogP) is 5.92. The maximum absolute atomic E-state index is 13.4. The zero-order valence-corrected chi connectivity index (χ0v) is 20.9. The Labute approximate surface area is 210 Å². The number of aryl methyl sites for hydroxylation is 1. The van der Waals surface area contributed by atoms with E-state index in [4.69, 9.17) is 0 Å². The minimum absolute atomic E-state index is 0.122. The molecule has 1 aromatic heterocycles. The van der Waals surface area contributed by atoms with Gasteiger partial charge in [0.15, 0.2) is 0 Å². The summed E-state index contributed by atoms with van der Waals surface area (Å²) < 4.78 is 15.3. The standard InChI is InChI=1S/C29H31FN4O2/c1-4-16-33(17-5-2)28(35)18-21-6-11-24(12-7-21)32-29(36)22-8-15-26-27(19-22)34(20(3)31-26)25-13-9-23(30)10-14-25/h6-15,19H,4-5,16-18H2,1-3H3,(H,32,36). The van der Waals surface area contributed by atoms with Gasteiger partial charge in [-0.05, 0) is 79.9 Å². The first kappa shape index (κ1) is 25.1. The van der Waals surface area contributed by atoms with Crippen LogP contribution in [0.3, 0.4) is 0 Å². The van der Waals surface area contributed by atoms with Gasteiger partial charge in [0.1, 0.15) is 11.6 Å². The van der Waals surface area contributed by atoms with Gasteiger partial charge in [-0.15, -0.1) is 0 Å². The number of carbonyl (C=O) groups is 2. The Balaban J connectivity index is 1.49. The molecule has 0 atom stereocenters. The number of anilines is 1. The molecule has 0 spiro atoms. The van der Waals surface area contributed by atoms with Crippen molar-refractivity contribution in [2.45, 2.75) is 40.0 Å². The summed E-state index contributed by atoms with van der Waals surface area (Å²) in [6.07, 6.45) is 2.22. The average molecular weight is 487 g/mol. The molecule has 186 valence electrons. The van der Waals surface area contributed by atoms with E-state index >= 15 is 0 Å². The second-order valence-corrected chi connectivity index (χ2v) is 8.88. The molecule has 1 N–H and O–H groups in total. The minimum Gasteiger partial charge on any atom is -0.342 e. The molecule has 2 amide bonds. The molecule has 1 heterocycles. The van der Waals surface area contributed by atoms with Crippen molar-refractivity contribution in [1.29, 1.82) is 0 Å². The van der Waals surface area contributed by atoms with E-state index in [0.717, 1.165) is 54.0 Å². The maximum Gasteiger partial charge on any atom is 0.255 e. The zero-order chi connectivity index (χ0) is 25.7. The number of fused-ring (bicyclic) bond motifs is 1. The molecule has 0 saturated heterocycles. The van der Waals surface area contributed by atoms with E-state index in [1.54, 1.807) is 24.3 Å². The van der Waals surface area contributed by atoms with Gasteiger partial charge in [-0.2, -0.15) is 0 Å². The van der Waals surface area contributed by atoms with Gasteiger partial charge in [0, 0.05) is 30.0 Å². The highest BCUT2D eigenvalue weighted by Gasteiger charge is 2.15. The Morgan fingerprint density at radius 1 is 0.944 bits per heavy atom. The third kappa shape index (κ3) is 5.62. The summed E-state index contributed by atoms with van der Waals surface area (Å²) in [5, 5.41) is 2.93. The van der Waals surface area contributed by atoms with Crippen molar-refractivity contribution in [3.63, 3.8) is 0 Å². The molecular weight excluding hydrogens is 455 g/mol. The van der Waals surface area contributed by atoms with Gasteiger partial charge < -0.3 is 10.2 Å². The summed E-state index contributed by atoms with van der Waals surface area (Å²) in [5.74, 6) is 0.311. The number of hydrogen-bond acceptors (Lipinski definition) is 3. The number of nitrogens with one attached hydrogen (secondary N) is 1. The van der Waals surface area contributed by atoms with Crippen LogP contribution in [0.4, 0.5) is 10.1 Å². The number of hydrogen-bond donors (Lipinski definition) is 1. The van der Waals surface area contributed by atoms with Crippen molar-refractivity contribution in [3.05, 3.63) is 89.5 Å². The van der Waals surface area contributed by atoms with Crippen LogP contribution in [-0.2, 0) is 11.2 Å². The number of halogens is 1. The van der Waals surface area contributed by atoms with Crippen LogP contribution in [-0.4, -0.2) is 39.4 Å². The van der Waals surface area contributed by atoms with Crippen molar-refractivity contribution >= 4 is 28.5 Å². The number of rotatable bonds is 9. The van der Waals surface area contributed by atoms with Crippen LogP contribution in [0.5, 0.6) is 0 Å². The molecule has 4 rings (SSSR count). The van der Waals surface area contributed by atoms with Crippen LogP contribution >= 0.6 is 0 Å².